The number of benzene rings is 1. The first kappa shape index (κ1) is 23.7. The number of nitrogens with one attached hydrogen (secondary N) is 1. The Hall–Kier alpha value is -2.41. The molecular formula is C23H26F5N3O2. The molecule has 0 aromatic heterocycles. The van der Waals surface area contributed by atoms with E-state index >= 15 is 0 Å². The maximum absolute atomic E-state index is 13.6. The van der Waals surface area contributed by atoms with E-state index in [2.05, 4.69) is 21.0 Å². The zero-order valence-electron chi connectivity index (χ0n) is 18.1. The molecule has 1 amide bonds. The van der Waals surface area contributed by atoms with Crippen LogP contribution in [0, 0.1) is 33.9 Å². The van der Waals surface area contributed by atoms with Gasteiger partial charge in [0.2, 0.25) is 5.92 Å². The second-order valence-corrected chi connectivity index (χ2v) is 9.93. The van der Waals surface area contributed by atoms with Crippen molar-refractivity contribution in [1.29, 1.82) is 5.26 Å². The molecule has 1 heterocycles. The quantitative estimate of drug-likeness (QED) is 0.591. The Morgan fingerprint density at radius 3 is 2.45 bits per heavy atom. The fourth-order valence-electron chi connectivity index (χ4n) is 5.61. The number of alkyl halides is 4. The van der Waals surface area contributed by atoms with Gasteiger partial charge in [-0.25, -0.2) is 13.2 Å². The van der Waals surface area contributed by atoms with Crippen LogP contribution in [0.1, 0.15) is 48.9 Å². The van der Waals surface area contributed by atoms with E-state index in [-0.39, 0.29) is 42.6 Å². The van der Waals surface area contributed by atoms with Crippen molar-refractivity contribution in [3.8, 4) is 11.8 Å². The third kappa shape index (κ3) is 5.40. The van der Waals surface area contributed by atoms with Gasteiger partial charge in [-0.3, -0.25) is 4.79 Å². The van der Waals surface area contributed by atoms with Crippen LogP contribution in [0.4, 0.5) is 22.0 Å². The van der Waals surface area contributed by atoms with Gasteiger partial charge in [-0.2, -0.15) is 14.0 Å². The Labute approximate surface area is 188 Å². The molecule has 2 aliphatic carbocycles. The number of carbonyl (C=O) groups is 1. The molecule has 1 aliphatic heterocycles. The summed E-state index contributed by atoms with van der Waals surface area (Å²) in [5, 5.41) is 12.3. The van der Waals surface area contributed by atoms with Gasteiger partial charge in [0.15, 0.2) is 0 Å². The molecule has 1 aromatic carbocycles. The zero-order chi connectivity index (χ0) is 23.9. The molecule has 1 N–H and O–H groups in total. The summed E-state index contributed by atoms with van der Waals surface area (Å²) in [6.45, 7) is -0.576. The minimum Gasteiger partial charge on any atom is -0.435 e. The first-order valence-electron chi connectivity index (χ1n) is 11.1. The molecule has 5 nitrogen and oxygen atoms in total. The molecule has 2 saturated carbocycles. The number of ether oxygens (including phenoxy) is 1. The lowest BCUT2D eigenvalue weighted by Gasteiger charge is -2.60. The first-order valence-corrected chi connectivity index (χ1v) is 11.1. The third-order valence-corrected chi connectivity index (χ3v) is 7.17. The van der Waals surface area contributed by atoms with E-state index in [0.717, 1.165) is 44.1 Å². The highest BCUT2D eigenvalue weighted by Gasteiger charge is 2.54. The molecule has 0 radical (unpaired) electrons. The number of halogens is 5. The van der Waals surface area contributed by atoms with Gasteiger partial charge in [0.1, 0.15) is 11.6 Å². The van der Waals surface area contributed by atoms with E-state index in [9.17, 15) is 32.0 Å². The second-order valence-electron chi connectivity index (χ2n) is 9.93. The molecule has 3 fully saturated rings. The Kier molecular flexibility index (Phi) is 6.29. The minimum atomic E-state index is -3.11. The molecule has 4 rings (SSSR count). The van der Waals surface area contributed by atoms with Crippen LogP contribution in [0.5, 0.6) is 5.75 Å². The summed E-state index contributed by atoms with van der Waals surface area (Å²) in [5.74, 6) is -4.23. The van der Waals surface area contributed by atoms with Crippen molar-refractivity contribution in [3.63, 3.8) is 0 Å². The average molecular weight is 471 g/mol. The van der Waals surface area contributed by atoms with E-state index < -0.39 is 35.4 Å². The lowest BCUT2D eigenvalue weighted by atomic mass is 9.57. The van der Waals surface area contributed by atoms with E-state index in [0.29, 0.717) is 13.1 Å². The smallest absolute Gasteiger partial charge is 0.387 e. The highest BCUT2D eigenvalue weighted by Crippen LogP contribution is 2.53. The summed E-state index contributed by atoms with van der Waals surface area (Å²) in [7, 11) is 0. The highest BCUT2D eigenvalue weighted by atomic mass is 19.3. The maximum atomic E-state index is 13.6. The first-order chi connectivity index (χ1) is 15.5. The van der Waals surface area contributed by atoms with Gasteiger partial charge in [-0.05, 0) is 49.1 Å². The van der Waals surface area contributed by atoms with Gasteiger partial charge in [0, 0.05) is 50.7 Å². The second kappa shape index (κ2) is 8.75. The van der Waals surface area contributed by atoms with Gasteiger partial charge < -0.3 is 15.0 Å². The summed E-state index contributed by atoms with van der Waals surface area (Å²) < 4.78 is 69.4. The number of amides is 1. The van der Waals surface area contributed by atoms with Crippen molar-refractivity contribution < 1.29 is 31.5 Å². The maximum Gasteiger partial charge on any atom is 0.387 e. The molecule has 3 aliphatic rings. The molecule has 1 aromatic rings. The molecular weight excluding hydrogens is 445 g/mol. The van der Waals surface area contributed by atoms with Gasteiger partial charge in [-0.15, -0.1) is 0 Å². The standard InChI is InChI=1S/C23H26F5N3O2/c24-17-5-16(6-18(7-17)33-20(25)26)19(32)30-10-15-8-22(9-15)13-31(14-22)12-21(11-29)1-3-23(27,28)4-2-21/h5-7,15,20H,1-4,8-10,12-14H2,(H,30,32). The van der Waals surface area contributed by atoms with E-state index in [1.54, 1.807) is 0 Å². The van der Waals surface area contributed by atoms with E-state index in [1.165, 1.54) is 0 Å². The van der Waals surface area contributed by atoms with Crippen molar-refractivity contribution in [1.82, 2.24) is 10.2 Å². The van der Waals surface area contributed by atoms with Gasteiger partial charge in [-0.1, -0.05) is 0 Å². The lowest BCUT2D eigenvalue weighted by molar-refractivity contribution is -0.115. The fraction of sp³-hybridized carbons (Fsp3) is 0.652. The summed E-state index contributed by atoms with van der Waals surface area (Å²) >= 11 is 0. The largest absolute Gasteiger partial charge is 0.435 e. The number of hydrogen-bond acceptors (Lipinski definition) is 4. The molecule has 0 atom stereocenters. The van der Waals surface area contributed by atoms with Gasteiger partial charge >= 0.3 is 6.61 Å². The molecule has 180 valence electrons. The Balaban J connectivity index is 1.20. The minimum absolute atomic E-state index is 0.0885. The van der Waals surface area contributed by atoms with Gasteiger partial charge in [0.25, 0.3) is 5.91 Å². The molecule has 0 bridgehead atoms. The third-order valence-electron chi connectivity index (χ3n) is 7.17. The number of rotatable bonds is 7. The van der Waals surface area contributed by atoms with Crippen molar-refractivity contribution in [3.05, 3.63) is 29.6 Å². The molecule has 1 saturated heterocycles. The Morgan fingerprint density at radius 1 is 1.18 bits per heavy atom. The van der Waals surface area contributed by atoms with Crippen molar-refractivity contribution in [2.45, 2.75) is 51.1 Å². The number of nitrogens with zero attached hydrogens (tertiary/aromatic N) is 2. The summed E-state index contributed by atoms with van der Waals surface area (Å²) in [4.78, 5) is 14.5. The predicted octanol–water partition coefficient (Wildman–Crippen LogP) is 4.59. The van der Waals surface area contributed by atoms with Crippen molar-refractivity contribution >= 4 is 5.91 Å². The van der Waals surface area contributed by atoms with Crippen LogP contribution in [0.25, 0.3) is 0 Å². The fourth-order valence-corrected chi connectivity index (χ4v) is 5.61. The lowest BCUT2D eigenvalue weighted by Crippen LogP contribution is -2.64. The topological polar surface area (TPSA) is 65.4 Å². The summed E-state index contributed by atoms with van der Waals surface area (Å²) in [5.41, 5.74) is -0.644. The van der Waals surface area contributed by atoms with Gasteiger partial charge in [0.05, 0.1) is 11.5 Å². The molecule has 10 heteroatoms. The Bertz CT molecular complexity index is 925. The number of carbonyl (C=O) groups excluding carboxylic acids is 1. The normalized spacial score (nSPS) is 23.4. The molecule has 1 spiro atoms. The van der Waals surface area contributed by atoms with Crippen molar-refractivity contribution in [2.75, 3.05) is 26.2 Å². The predicted molar refractivity (Wildman–Crippen MR) is 108 cm³/mol. The van der Waals surface area contributed by atoms with Crippen LogP contribution in [0.3, 0.4) is 0 Å². The summed E-state index contributed by atoms with van der Waals surface area (Å²) in [6.07, 6.45) is 1.76. The average Bonchev–Trinajstić information content (AvgIpc) is 2.68. The monoisotopic (exact) mass is 471 g/mol. The number of hydrogen-bond donors (Lipinski definition) is 1. The van der Waals surface area contributed by atoms with Crippen LogP contribution < -0.4 is 10.1 Å². The number of likely N-dealkylation sites (tertiary alicyclic amines) is 1. The van der Waals surface area contributed by atoms with Crippen LogP contribution in [-0.4, -0.2) is 49.5 Å². The van der Waals surface area contributed by atoms with E-state index in [1.807, 2.05) is 0 Å². The SMILES string of the molecule is N#CC1(CN2CC3(CC(CNC(=O)c4cc(F)cc(OC(F)F)c4)C3)C2)CCC(F)(F)CC1. The molecule has 33 heavy (non-hydrogen) atoms. The molecule has 0 unspecified atom stereocenters. The summed E-state index contributed by atoms with van der Waals surface area (Å²) in [6, 6.07) is 5.12. The Morgan fingerprint density at radius 2 is 1.85 bits per heavy atom. The van der Waals surface area contributed by atoms with E-state index in [4.69, 9.17) is 0 Å². The van der Waals surface area contributed by atoms with Crippen LogP contribution in [0.15, 0.2) is 18.2 Å². The van der Waals surface area contributed by atoms with Crippen molar-refractivity contribution in [2.24, 2.45) is 16.7 Å². The van der Waals surface area contributed by atoms with Crippen LogP contribution in [0.2, 0.25) is 0 Å². The van der Waals surface area contributed by atoms with Crippen LogP contribution in [-0.2, 0) is 0 Å². The number of nitriles is 1. The highest BCUT2D eigenvalue weighted by molar-refractivity contribution is 5.94. The zero-order valence-corrected chi connectivity index (χ0v) is 18.1. The van der Waals surface area contributed by atoms with Crippen LogP contribution >= 0.6 is 0 Å².